The summed E-state index contributed by atoms with van der Waals surface area (Å²) in [7, 11) is 2.09. The molecule has 2 atom stereocenters. The first-order chi connectivity index (χ1) is 14.6. The van der Waals surface area contributed by atoms with Crippen LogP contribution < -0.4 is 5.32 Å². The van der Waals surface area contributed by atoms with Crippen LogP contribution in [0.25, 0.3) is 32.7 Å². The van der Waals surface area contributed by atoms with E-state index in [4.69, 9.17) is 0 Å². The maximum atomic E-state index is 11.9. The number of rotatable bonds is 2. The number of quaternary nitrogens is 1. The number of para-hydroxylation sites is 2. The van der Waals surface area contributed by atoms with Crippen molar-refractivity contribution in [2.45, 2.75) is 18.5 Å². The number of aromatic amines is 1. The molecule has 3 aromatic carbocycles. The average molecular weight is 396 g/mol. The van der Waals surface area contributed by atoms with Crippen LogP contribution in [0.2, 0.25) is 0 Å². The van der Waals surface area contributed by atoms with Crippen molar-refractivity contribution in [3.8, 4) is 0 Å². The van der Waals surface area contributed by atoms with Crippen molar-refractivity contribution in [1.29, 1.82) is 0 Å². The lowest BCUT2D eigenvalue weighted by molar-refractivity contribution is -0.712. The smallest absolute Gasteiger partial charge is 0.362 e. The largest absolute Gasteiger partial charge is 0.477 e. The van der Waals surface area contributed by atoms with Gasteiger partial charge in [0.2, 0.25) is 0 Å². The van der Waals surface area contributed by atoms with E-state index in [1.54, 1.807) is 0 Å². The Bertz CT molecular complexity index is 1460. The first kappa shape index (κ1) is 17.3. The van der Waals surface area contributed by atoms with E-state index in [-0.39, 0.29) is 6.04 Å². The zero-order valence-corrected chi connectivity index (χ0v) is 16.6. The SMILES string of the molecule is Cn1c2ccccc2c2cc(C3[NH2+]C(C(=O)O)Cc4c3[nH]c3ccccc43)ccc21. The molecule has 1 aliphatic heterocycles. The van der Waals surface area contributed by atoms with Gasteiger partial charge >= 0.3 is 5.97 Å². The minimum atomic E-state index is -0.762. The molecule has 2 aromatic heterocycles. The number of carboxylic acid groups (broad SMARTS) is 1. The molecule has 148 valence electrons. The number of hydrogen-bond donors (Lipinski definition) is 3. The highest BCUT2D eigenvalue weighted by atomic mass is 16.4. The number of carbonyl (C=O) groups is 1. The molecule has 30 heavy (non-hydrogen) atoms. The van der Waals surface area contributed by atoms with E-state index >= 15 is 0 Å². The monoisotopic (exact) mass is 396 g/mol. The maximum Gasteiger partial charge on any atom is 0.362 e. The third-order valence-corrected chi connectivity index (χ3v) is 6.62. The summed E-state index contributed by atoms with van der Waals surface area (Å²) in [5, 5.41) is 15.4. The molecule has 0 aliphatic carbocycles. The summed E-state index contributed by atoms with van der Waals surface area (Å²) in [6.07, 6.45) is 0.529. The van der Waals surface area contributed by atoms with Gasteiger partial charge in [0.05, 0.1) is 5.69 Å². The Kier molecular flexibility index (Phi) is 3.58. The number of aliphatic carboxylic acids is 1. The van der Waals surface area contributed by atoms with E-state index in [1.807, 2.05) is 17.4 Å². The molecule has 1 aliphatic rings. The fourth-order valence-corrected chi connectivity index (χ4v) is 5.15. The number of benzene rings is 3. The zero-order chi connectivity index (χ0) is 20.4. The number of nitrogens with one attached hydrogen (secondary N) is 1. The van der Waals surface area contributed by atoms with Crippen LogP contribution in [0.5, 0.6) is 0 Å². The molecule has 0 amide bonds. The molecule has 0 saturated carbocycles. The highest BCUT2D eigenvalue weighted by Crippen LogP contribution is 2.35. The molecule has 5 nitrogen and oxygen atoms in total. The van der Waals surface area contributed by atoms with Crippen molar-refractivity contribution in [2.75, 3.05) is 0 Å². The number of nitrogens with zero attached hydrogens (tertiary/aromatic N) is 1. The Morgan fingerprint density at radius 2 is 1.73 bits per heavy atom. The predicted octanol–water partition coefficient (Wildman–Crippen LogP) is 3.47. The number of carboxylic acids is 1. The summed E-state index contributed by atoms with van der Waals surface area (Å²) in [6, 6.07) is 22.6. The summed E-state index contributed by atoms with van der Waals surface area (Å²) in [6.45, 7) is 0. The van der Waals surface area contributed by atoms with Gasteiger partial charge in [0, 0.05) is 51.7 Å². The molecule has 5 aromatic rings. The van der Waals surface area contributed by atoms with Crippen LogP contribution in [0, 0.1) is 0 Å². The lowest BCUT2D eigenvalue weighted by Crippen LogP contribution is -2.94. The summed E-state index contributed by atoms with van der Waals surface area (Å²) in [5.41, 5.74) is 6.82. The summed E-state index contributed by atoms with van der Waals surface area (Å²) in [4.78, 5) is 15.5. The van der Waals surface area contributed by atoms with Gasteiger partial charge in [0.15, 0.2) is 12.1 Å². The Morgan fingerprint density at radius 3 is 2.57 bits per heavy atom. The first-order valence-electron chi connectivity index (χ1n) is 10.3. The van der Waals surface area contributed by atoms with Crippen LogP contribution in [0.1, 0.15) is 22.9 Å². The number of hydrogen-bond acceptors (Lipinski definition) is 1. The standard InChI is InChI=1S/C25H21N3O2/c1-28-21-9-5-3-7-16(21)17-12-14(10-11-22(17)28)23-24-18(13-20(27-23)25(29)30)15-6-2-4-8-19(15)26-24/h2-12,20,23,26-27H,13H2,1H3,(H,29,30)/p+1. The number of aryl methyl sites for hydroxylation is 1. The molecule has 0 spiro atoms. The lowest BCUT2D eigenvalue weighted by atomic mass is 9.90. The van der Waals surface area contributed by atoms with E-state index < -0.39 is 12.0 Å². The lowest BCUT2D eigenvalue weighted by Gasteiger charge is -2.26. The molecular formula is C25H22N3O2+. The molecule has 2 unspecified atom stereocenters. The van der Waals surface area contributed by atoms with E-state index in [0.717, 1.165) is 27.7 Å². The zero-order valence-electron chi connectivity index (χ0n) is 16.6. The molecule has 6 rings (SSSR count). The number of aromatic nitrogens is 2. The minimum absolute atomic E-state index is 0.0781. The van der Waals surface area contributed by atoms with Crippen molar-refractivity contribution >= 4 is 38.7 Å². The molecule has 0 bridgehead atoms. The van der Waals surface area contributed by atoms with Crippen LogP contribution in [0.3, 0.4) is 0 Å². The molecular weight excluding hydrogens is 374 g/mol. The summed E-state index contributed by atoms with van der Waals surface area (Å²) < 4.78 is 2.22. The van der Waals surface area contributed by atoms with Crippen molar-refractivity contribution in [2.24, 2.45) is 7.05 Å². The van der Waals surface area contributed by atoms with Crippen LogP contribution in [-0.2, 0) is 18.3 Å². The van der Waals surface area contributed by atoms with Crippen LogP contribution in [0.4, 0.5) is 0 Å². The van der Waals surface area contributed by atoms with Gasteiger partial charge in [-0.15, -0.1) is 0 Å². The van der Waals surface area contributed by atoms with Gasteiger partial charge in [-0.1, -0.05) is 42.5 Å². The molecule has 4 N–H and O–H groups in total. The van der Waals surface area contributed by atoms with E-state index in [9.17, 15) is 9.90 Å². The van der Waals surface area contributed by atoms with Crippen LogP contribution >= 0.6 is 0 Å². The van der Waals surface area contributed by atoms with Gasteiger partial charge in [-0.05, 0) is 29.8 Å². The second-order valence-electron chi connectivity index (χ2n) is 8.23. The maximum absolute atomic E-state index is 11.9. The minimum Gasteiger partial charge on any atom is -0.477 e. The van der Waals surface area contributed by atoms with Gasteiger partial charge in [-0.3, -0.25) is 0 Å². The van der Waals surface area contributed by atoms with Crippen molar-refractivity contribution in [1.82, 2.24) is 9.55 Å². The van der Waals surface area contributed by atoms with Crippen LogP contribution in [-0.4, -0.2) is 26.7 Å². The average Bonchev–Trinajstić information content (AvgIpc) is 3.29. The van der Waals surface area contributed by atoms with Crippen molar-refractivity contribution < 1.29 is 15.2 Å². The van der Waals surface area contributed by atoms with Gasteiger partial charge in [0.25, 0.3) is 0 Å². The number of nitrogens with two attached hydrogens (primary N) is 1. The molecule has 0 saturated heterocycles. The number of fused-ring (bicyclic) bond motifs is 6. The molecule has 0 fully saturated rings. The summed E-state index contributed by atoms with van der Waals surface area (Å²) in [5.74, 6) is -0.762. The highest BCUT2D eigenvalue weighted by molar-refractivity contribution is 6.08. The molecule has 5 heteroatoms. The van der Waals surface area contributed by atoms with Crippen molar-refractivity contribution in [3.05, 3.63) is 83.6 Å². The quantitative estimate of drug-likeness (QED) is 0.427. The first-order valence-corrected chi connectivity index (χ1v) is 10.3. The highest BCUT2D eigenvalue weighted by Gasteiger charge is 2.37. The van der Waals surface area contributed by atoms with E-state index in [0.29, 0.717) is 6.42 Å². The molecule has 0 radical (unpaired) electrons. The van der Waals surface area contributed by atoms with Crippen LogP contribution in [0.15, 0.2) is 66.7 Å². The second-order valence-corrected chi connectivity index (χ2v) is 8.23. The predicted molar refractivity (Wildman–Crippen MR) is 118 cm³/mol. The van der Waals surface area contributed by atoms with Gasteiger partial charge in [-0.2, -0.15) is 0 Å². The molecule has 3 heterocycles. The fraction of sp³-hybridized carbons (Fsp3) is 0.160. The van der Waals surface area contributed by atoms with Gasteiger partial charge in [-0.25, -0.2) is 4.79 Å². The Hall–Kier alpha value is -3.57. The third kappa shape index (κ3) is 2.36. The third-order valence-electron chi connectivity index (χ3n) is 6.62. The van der Waals surface area contributed by atoms with Gasteiger partial charge in [0.1, 0.15) is 0 Å². The second kappa shape index (κ2) is 6.21. The van der Waals surface area contributed by atoms with Crippen molar-refractivity contribution in [3.63, 3.8) is 0 Å². The normalized spacial score (nSPS) is 18.8. The fourth-order valence-electron chi connectivity index (χ4n) is 5.15. The van der Waals surface area contributed by atoms with E-state index in [1.165, 1.54) is 21.8 Å². The van der Waals surface area contributed by atoms with E-state index in [2.05, 4.69) is 71.2 Å². The Balaban J connectivity index is 1.58. The number of H-pyrrole nitrogens is 1. The Morgan fingerprint density at radius 1 is 1.00 bits per heavy atom. The topological polar surface area (TPSA) is 74.6 Å². The summed E-state index contributed by atoms with van der Waals surface area (Å²) >= 11 is 0. The Labute approximate surface area is 172 Å². The van der Waals surface area contributed by atoms with Gasteiger partial charge < -0.3 is 20.0 Å².